The van der Waals surface area contributed by atoms with Gasteiger partial charge in [-0.1, -0.05) is 6.58 Å². The van der Waals surface area contributed by atoms with E-state index in [1.807, 2.05) is 0 Å². The van der Waals surface area contributed by atoms with Crippen molar-refractivity contribution < 1.29 is 53.4 Å². The first-order chi connectivity index (χ1) is 10.3. The highest BCUT2D eigenvalue weighted by Gasteiger charge is 2.84. The molecule has 12 heteroatoms. The smallest absolute Gasteiger partial charge is 0.384 e. The fraction of sp³-hybridized carbons (Fsp3) is 0.750. The number of esters is 1. The van der Waals surface area contributed by atoms with Gasteiger partial charge >= 0.3 is 35.6 Å². The number of alkyl halides is 10. The molecule has 142 valence electrons. The van der Waals surface area contributed by atoms with Crippen molar-refractivity contribution in [2.75, 3.05) is 6.61 Å². The molecule has 0 aromatic heterocycles. The zero-order valence-corrected chi connectivity index (χ0v) is 12.2. The average molecular weight is 378 g/mol. The van der Waals surface area contributed by atoms with Crippen molar-refractivity contribution in [1.29, 1.82) is 0 Å². The molecule has 0 heterocycles. The SMILES string of the molecule is C=C(C)C(=O)OCCC(F)(F)C(F)(F)C(F)(F)C(F)(F)C(C)(F)F. The minimum atomic E-state index is -7.08. The van der Waals surface area contributed by atoms with Crippen LogP contribution in [0.1, 0.15) is 20.3 Å². The molecule has 2 nitrogen and oxygen atoms in total. The van der Waals surface area contributed by atoms with E-state index in [-0.39, 0.29) is 5.57 Å². The van der Waals surface area contributed by atoms with Crippen LogP contribution in [0.2, 0.25) is 0 Å². The van der Waals surface area contributed by atoms with Gasteiger partial charge in [-0.05, 0) is 6.92 Å². The van der Waals surface area contributed by atoms with Gasteiger partial charge in [0.05, 0.1) is 13.0 Å². The summed E-state index contributed by atoms with van der Waals surface area (Å²) in [5.41, 5.74) is -0.340. The quantitative estimate of drug-likeness (QED) is 0.348. The van der Waals surface area contributed by atoms with Crippen molar-refractivity contribution >= 4 is 5.97 Å². The van der Waals surface area contributed by atoms with Crippen molar-refractivity contribution in [1.82, 2.24) is 0 Å². The summed E-state index contributed by atoms with van der Waals surface area (Å²) in [5, 5.41) is 0. The number of rotatable bonds is 8. The molecule has 0 aliphatic rings. The normalized spacial score (nSPS) is 14.5. The maximum absolute atomic E-state index is 13.2. The summed E-state index contributed by atoms with van der Waals surface area (Å²) in [6.07, 6.45) is -2.31. The van der Waals surface area contributed by atoms with Gasteiger partial charge in [-0.3, -0.25) is 0 Å². The number of carbonyl (C=O) groups is 1. The maximum Gasteiger partial charge on any atom is 0.384 e. The molecule has 0 saturated carbocycles. The molecule has 0 N–H and O–H groups in total. The Morgan fingerprint density at radius 2 is 1.29 bits per heavy atom. The molecule has 0 aromatic carbocycles. The van der Waals surface area contributed by atoms with Crippen molar-refractivity contribution in [2.24, 2.45) is 0 Å². The van der Waals surface area contributed by atoms with Crippen LogP contribution in [-0.4, -0.2) is 42.2 Å². The molecule has 0 bridgehead atoms. The van der Waals surface area contributed by atoms with Crippen LogP contribution >= 0.6 is 0 Å². The Kier molecular flexibility index (Phi) is 6.03. The van der Waals surface area contributed by atoms with E-state index in [4.69, 9.17) is 0 Å². The summed E-state index contributed by atoms with van der Waals surface area (Å²) < 4.78 is 134. The van der Waals surface area contributed by atoms with Crippen molar-refractivity contribution in [3.63, 3.8) is 0 Å². The van der Waals surface area contributed by atoms with E-state index in [1.54, 1.807) is 0 Å². The largest absolute Gasteiger partial charge is 0.462 e. The first-order valence-electron chi connectivity index (χ1n) is 6.04. The molecule has 0 aliphatic carbocycles. The highest BCUT2D eigenvalue weighted by Crippen LogP contribution is 2.57. The van der Waals surface area contributed by atoms with Gasteiger partial charge in [0.15, 0.2) is 0 Å². The Morgan fingerprint density at radius 1 is 0.875 bits per heavy atom. The van der Waals surface area contributed by atoms with Crippen LogP contribution in [0.15, 0.2) is 12.2 Å². The molecule has 0 aromatic rings. The Morgan fingerprint density at radius 3 is 1.62 bits per heavy atom. The molecule has 0 unspecified atom stereocenters. The second-order valence-electron chi connectivity index (χ2n) is 4.98. The van der Waals surface area contributed by atoms with Gasteiger partial charge in [-0.2, -0.15) is 43.9 Å². The number of carbonyl (C=O) groups excluding carboxylic acids is 1. The molecule has 0 radical (unpaired) electrons. The molecular formula is C12H12F10O2. The van der Waals surface area contributed by atoms with Crippen LogP contribution in [0.4, 0.5) is 43.9 Å². The third-order valence-corrected chi connectivity index (χ3v) is 2.80. The summed E-state index contributed by atoms with van der Waals surface area (Å²) in [5.74, 6) is -33.6. The maximum atomic E-state index is 13.2. The van der Waals surface area contributed by atoms with Gasteiger partial charge in [0.1, 0.15) is 0 Å². The van der Waals surface area contributed by atoms with Crippen molar-refractivity contribution in [3.8, 4) is 0 Å². The minimum Gasteiger partial charge on any atom is -0.462 e. The van der Waals surface area contributed by atoms with Gasteiger partial charge in [-0.25, -0.2) is 4.79 Å². The monoisotopic (exact) mass is 378 g/mol. The lowest BCUT2D eigenvalue weighted by molar-refractivity contribution is -0.399. The van der Waals surface area contributed by atoms with Gasteiger partial charge in [0.2, 0.25) is 0 Å². The Bertz CT molecular complexity index is 493. The Balaban J connectivity index is 5.46. The van der Waals surface area contributed by atoms with Crippen molar-refractivity contribution in [2.45, 2.75) is 49.9 Å². The lowest BCUT2D eigenvalue weighted by Gasteiger charge is -2.38. The number of hydrogen-bond acceptors (Lipinski definition) is 2. The molecule has 0 amide bonds. The van der Waals surface area contributed by atoms with Gasteiger partial charge in [0, 0.05) is 12.5 Å². The lowest BCUT2D eigenvalue weighted by Crippen LogP contribution is -2.66. The third kappa shape index (κ3) is 3.77. The van der Waals surface area contributed by atoms with Gasteiger partial charge < -0.3 is 4.74 Å². The van der Waals surface area contributed by atoms with E-state index in [1.165, 1.54) is 0 Å². The van der Waals surface area contributed by atoms with Crippen molar-refractivity contribution in [3.05, 3.63) is 12.2 Å². The summed E-state index contributed by atoms with van der Waals surface area (Å²) in [6.45, 7) is 1.68. The first-order valence-corrected chi connectivity index (χ1v) is 6.04. The number of hydrogen-bond donors (Lipinski definition) is 0. The molecule has 0 rings (SSSR count). The fourth-order valence-corrected chi connectivity index (χ4v) is 1.25. The summed E-state index contributed by atoms with van der Waals surface area (Å²) in [4.78, 5) is 10.8. The van der Waals surface area contributed by atoms with E-state index < -0.39 is 55.5 Å². The van der Waals surface area contributed by atoms with Crippen LogP contribution in [0.3, 0.4) is 0 Å². The van der Waals surface area contributed by atoms with E-state index >= 15 is 0 Å². The molecule has 24 heavy (non-hydrogen) atoms. The lowest BCUT2D eigenvalue weighted by atomic mass is 9.94. The fourth-order valence-electron chi connectivity index (χ4n) is 1.25. The van der Waals surface area contributed by atoms with E-state index in [0.717, 1.165) is 6.92 Å². The predicted octanol–water partition coefficient (Wildman–Crippen LogP) is 4.69. The molecular weight excluding hydrogens is 366 g/mol. The van der Waals surface area contributed by atoms with Crippen LogP contribution in [-0.2, 0) is 9.53 Å². The van der Waals surface area contributed by atoms with E-state index in [0.29, 0.717) is 0 Å². The summed E-state index contributed by atoms with van der Waals surface area (Å²) in [7, 11) is 0. The van der Waals surface area contributed by atoms with Gasteiger partial charge in [0.25, 0.3) is 0 Å². The van der Waals surface area contributed by atoms with Crippen LogP contribution in [0, 0.1) is 0 Å². The topological polar surface area (TPSA) is 26.3 Å². The van der Waals surface area contributed by atoms with Crippen LogP contribution in [0.5, 0.6) is 0 Å². The zero-order valence-electron chi connectivity index (χ0n) is 12.2. The molecule has 0 atom stereocenters. The number of ether oxygens (including phenoxy) is 1. The van der Waals surface area contributed by atoms with Crippen LogP contribution in [0.25, 0.3) is 0 Å². The third-order valence-electron chi connectivity index (χ3n) is 2.80. The highest BCUT2D eigenvalue weighted by molar-refractivity contribution is 5.86. The summed E-state index contributed by atoms with van der Waals surface area (Å²) >= 11 is 0. The molecule has 0 spiro atoms. The standard InChI is InChI=1S/C12H12F10O2/c1-6(2)7(23)24-5-4-9(15,16)11(19,20)12(21,22)10(17,18)8(3,13)14/h1,4-5H2,2-3H3. The second kappa shape index (κ2) is 6.43. The average Bonchev–Trinajstić information content (AvgIpc) is 2.35. The molecule has 0 fully saturated rings. The number of halogens is 10. The van der Waals surface area contributed by atoms with Gasteiger partial charge in [-0.15, -0.1) is 0 Å². The molecule has 0 saturated heterocycles. The highest BCUT2D eigenvalue weighted by atomic mass is 19.4. The van der Waals surface area contributed by atoms with E-state index in [9.17, 15) is 48.7 Å². The Labute approximate surface area is 129 Å². The molecule has 0 aliphatic heterocycles. The predicted molar refractivity (Wildman–Crippen MR) is 60.8 cm³/mol. The van der Waals surface area contributed by atoms with Crippen LogP contribution < -0.4 is 0 Å². The zero-order chi connectivity index (χ0) is 19.8. The Hall–Kier alpha value is -1.49. The summed E-state index contributed by atoms with van der Waals surface area (Å²) in [6, 6.07) is 0. The minimum absolute atomic E-state index is 0.340. The first kappa shape index (κ1) is 22.5. The second-order valence-corrected chi connectivity index (χ2v) is 4.98. The van der Waals surface area contributed by atoms with E-state index in [2.05, 4.69) is 11.3 Å².